The molecule has 0 aliphatic carbocycles. The predicted molar refractivity (Wildman–Crippen MR) is 25.9 cm³/mol. The summed E-state index contributed by atoms with van der Waals surface area (Å²) in [4.78, 5) is 0. The standard InChI is InChI=1S/C5H8O2/c1-2-6-4-5-7-3-1/h1-2H,3-5H2. The average Bonchev–Trinajstić information content (AvgIpc) is 1.90. The summed E-state index contributed by atoms with van der Waals surface area (Å²) in [6, 6.07) is 0. The maximum absolute atomic E-state index is 4.98. The summed E-state index contributed by atoms with van der Waals surface area (Å²) >= 11 is 0. The zero-order valence-electron chi connectivity index (χ0n) is 4.09. The molecular formula is C5H8O2. The third kappa shape index (κ3) is 1.59. The molecule has 0 amide bonds. The summed E-state index contributed by atoms with van der Waals surface area (Å²) in [6.45, 7) is 2.10. The SMILES string of the molecule is C1=COCCOC1. The Kier molecular flexibility index (Phi) is 1.75. The van der Waals surface area contributed by atoms with Crippen LogP contribution in [-0.2, 0) is 9.47 Å². The van der Waals surface area contributed by atoms with Crippen molar-refractivity contribution in [2.75, 3.05) is 19.8 Å². The first-order valence-corrected chi connectivity index (χ1v) is 2.34. The second-order valence-corrected chi connectivity index (χ2v) is 1.32. The first-order chi connectivity index (χ1) is 3.50. The third-order valence-electron chi connectivity index (χ3n) is 0.752. The van der Waals surface area contributed by atoms with Crippen molar-refractivity contribution in [3.8, 4) is 0 Å². The Hall–Kier alpha value is -0.500. The molecule has 1 heterocycles. The molecule has 1 aliphatic rings. The highest BCUT2D eigenvalue weighted by Gasteiger charge is 1.87. The van der Waals surface area contributed by atoms with Crippen molar-refractivity contribution in [3.05, 3.63) is 12.3 Å². The quantitative estimate of drug-likeness (QED) is 0.442. The lowest BCUT2D eigenvalue weighted by Crippen LogP contribution is -1.96. The predicted octanol–water partition coefficient (Wildman–Crippen LogP) is 0.547. The van der Waals surface area contributed by atoms with E-state index in [-0.39, 0.29) is 0 Å². The fourth-order valence-corrected chi connectivity index (χ4v) is 0.434. The van der Waals surface area contributed by atoms with Gasteiger partial charge in [0.15, 0.2) is 0 Å². The summed E-state index contributed by atoms with van der Waals surface area (Å²) in [5.41, 5.74) is 0. The Morgan fingerprint density at radius 2 is 2.29 bits per heavy atom. The van der Waals surface area contributed by atoms with Crippen LogP contribution in [0.1, 0.15) is 0 Å². The number of hydrogen-bond donors (Lipinski definition) is 0. The van der Waals surface area contributed by atoms with Crippen LogP contribution in [0, 0.1) is 0 Å². The molecule has 0 saturated heterocycles. The molecule has 1 aliphatic heterocycles. The molecule has 0 spiro atoms. The average molecular weight is 100 g/mol. The van der Waals surface area contributed by atoms with E-state index in [1.54, 1.807) is 6.26 Å². The van der Waals surface area contributed by atoms with Crippen molar-refractivity contribution in [1.29, 1.82) is 0 Å². The summed E-state index contributed by atoms with van der Waals surface area (Å²) in [5, 5.41) is 0. The molecule has 7 heavy (non-hydrogen) atoms. The lowest BCUT2D eigenvalue weighted by atomic mass is 10.7. The van der Waals surface area contributed by atoms with Gasteiger partial charge in [-0.15, -0.1) is 0 Å². The largest absolute Gasteiger partial charge is 0.499 e. The Bertz CT molecular complexity index is 60.5. The molecule has 1 rings (SSSR count). The molecular weight excluding hydrogens is 92.1 g/mol. The van der Waals surface area contributed by atoms with Gasteiger partial charge in [-0.1, -0.05) is 0 Å². The van der Waals surface area contributed by atoms with Gasteiger partial charge >= 0.3 is 0 Å². The fourth-order valence-electron chi connectivity index (χ4n) is 0.434. The van der Waals surface area contributed by atoms with Crippen molar-refractivity contribution in [3.63, 3.8) is 0 Å². The van der Waals surface area contributed by atoms with E-state index in [1.807, 2.05) is 6.08 Å². The lowest BCUT2D eigenvalue weighted by molar-refractivity contribution is 0.119. The molecule has 2 heteroatoms. The minimum atomic E-state index is 0.691. The molecule has 0 N–H and O–H groups in total. The van der Waals surface area contributed by atoms with E-state index in [0.717, 1.165) is 0 Å². The molecule has 0 bridgehead atoms. The van der Waals surface area contributed by atoms with Gasteiger partial charge in [-0.2, -0.15) is 0 Å². The topological polar surface area (TPSA) is 18.5 Å². The van der Waals surface area contributed by atoms with E-state index < -0.39 is 0 Å². The summed E-state index contributed by atoms with van der Waals surface area (Å²) in [6.07, 6.45) is 3.53. The second kappa shape index (κ2) is 2.64. The molecule has 0 saturated carbocycles. The third-order valence-corrected chi connectivity index (χ3v) is 0.752. The summed E-state index contributed by atoms with van der Waals surface area (Å²) < 4.78 is 9.87. The lowest BCUT2D eigenvalue weighted by Gasteiger charge is -1.92. The monoisotopic (exact) mass is 100 g/mol. The van der Waals surface area contributed by atoms with Gasteiger partial charge < -0.3 is 9.47 Å². The highest BCUT2D eigenvalue weighted by Crippen LogP contribution is 1.86. The van der Waals surface area contributed by atoms with Gasteiger partial charge in [0.1, 0.15) is 6.61 Å². The van der Waals surface area contributed by atoms with Crippen LogP contribution in [0.15, 0.2) is 12.3 Å². The molecule has 0 fully saturated rings. The van der Waals surface area contributed by atoms with E-state index >= 15 is 0 Å². The first-order valence-electron chi connectivity index (χ1n) is 2.34. The van der Waals surface area contributed by atoms with Crippen LogP contribution in [0.4, 0.5) is 0 Å². The van der Waals surface area contributed by atoms with Gasteiger partial charge in [-0.25, -0.2) is 0 Å². The molecule has 0 aromatic rings. The molecule has 0 atom stereocenters. The maximum Gasteiger partial charge on any atom is 0.111 e. The van der Waals surface area contributed by atoms with Crippen LogP contribution < -0.4 is 0 Å². The number of rotatable bonds is 0. The molecule has 0 radical (unpaired) electrons. The van der Waals surface area contributed by atoms with Crippen LogP contribution in [-0.4, -0.2) is 19.8 Å². The smallest absolute Gasteiger partial charge is 0.111 e. The molecule has 0 aromatic heterocycles. The van der Waals surface area contributed by atoms with Crippen LogP contribution >= 0.6 is 0 Å². The molecule has 0 unspecified atom stereocenters. The van der Waals surface area contributed by atoms with Gasteiger partial charge in [0, 0.05) is 0 Å². The zero-order chi connectivity index (χ0) is 4.95. The van der Waals surface area contributed by atoms with Crippen molar-refractivity contribution >= 4 is 0 Å². The minimum Gasteiger partial charge on any atom is -0.499 e. The van der Waals surface area contributed by atoms with Crippen LogP contribution in [0.2, 0.25) is 0 Å². The Morgan fingerprint density at radius 1 is 1.29 bits per heavy atom. The van der Waals surface area contributed by atoms with Crippen molar-refractivity contribution in [2.24, 2.45) is 0 Å². The number of hydrogen-bond acceptors (Lipinski definition) is 2. The Balaban J connectivity index is 2.20. The van der Waals surface area contributed by atoms with Crippen LogP contribution in [0.25, 0.3) is 0 Å². The van der Waals surface area contributed by atoms with Gasteiger partial charge in [0.05, 0.1) is 19.5 Å². The van der Waals surface area contributed by atoms with Crippen molar-refractivity contribution in [1.82, 2.24) is 0 Å². The minimum absolute atomic E-state index is 0.691. The van der Waals surface area contributed by atoms with Gasteiger partial charge in [-0.3, -0.25) is 0 Å². The molecule has 0 aromatic carbocycles. The fraction of sp³-hybridized carbons (Fsp3) is 0.600. The van der Waals surface area contributed by atoms with E-state index in [0.29, 0.717) is 19.8 Å². The van der Waals surface area contributed by atoms with E-state index in [1.165, 1.54) is 0 Å². The van der Waals surface area contributed by atoms with E-state index in [9.17, 15) is 0 Å². The summed E-state index contributed by atoms with van der Waals surface area (Å²) in [5.74, 6) is 0. The summed E-state index contributed by atoms with van der Waals surface area (Å²) in [7, 11) is 0. The van der Waals surface area contributed by atoms with Crippen molar-refractivity contribution < 1.29 is 9.47 Å². The normalized spacial score (nSPS) is 20.6. The molecule has 40 valence electrons. The Morgan fingerprint density at radius 3 is 3.29 bits per heavy atom. The van der Waals surface area contributed by atoms with Gasteiger partial charge in [0.25, 0.3) is 0 Å². The van der Waals surface area contributed by atoms with E-state index in [2.05, 4.69) is 0 Å². The van der Waals surface area contributed by atoms with Gasteiger partial charge in [-0.05, 0) is 6.08 Å². The van der Waals surface area contributed by atoms with Crippen LogP contribution in [0.3, 0.4) is 0 Å². The van der Waals surface area contributed by atoms with Crippen LogP contribution in [0.5, 0.6) is 0 Å². The Labute approximate surface area is 42.7 Å². The van der Waals surface area contributed by atoms with Crippen molar-refractivity contribution in [2.45, 2.75) is 0 Å². The second-order valence-electron chi connectivity index (χ2n) is 1.32. The van der Waals surface area contributed by atoms with E-state index in [4.69, 9.17) is 9.47 Å². The zero-order valence-corrected chi connectivity index (χ0v) is 4.09. The maximum atomic E-state index is 4.98. The highest BCUT2D eigenvalue weighted by molar-refractivity contribution is 4.74. The highest BCUT2D eigenvalue weighted by atomic mass is 16.5. The molecule has 2 nitrogen and oxygen atoms in total. The number of ether oxygens (including phenoxy) is 2. The van der Waals surface area contributed by atoms with Gasteiger partial charge in [0.2, 0.25) is 0 Å². The first kappa shape index (κ1) is 4.65.